The first-order chi connectivity index (χ1) is 12.3. The number of carbonyl (C=O) groups is 1. The van der Waals surface area contributed by atoms with Crippen LogP contribution < -0.4 is 0 Å². The van der Waals surface area contributed by atoms with Crippen molar-refractivity contribution >= 4 is 28.8 Å². The molecule has 4 aromatic rings. The molecule has 0 bridgehead atoms. The van der Waals surface area contributed by atoms with Crippen molar-refractivity contribution in [1.29, 1.82) is 0 Å². The van der Waals surface area contributed by atoms with Crippen molar-refractivity contribution in [1.82, 2.24) is 9.55 Å². The van der Waals surface area contributed by atoms with Crippen molar-refractivity contribution in [2.45, 2.75) is 9.99 Å². The van der Waals surface area contributed by atoms with Gasteiger partial charge in [0.1, 0.15) is 0 Å². The van der Waals surface area contributed by atoms with E-state index in [4.69, 9.17) is 9.15 Å². The maximum absolute atomic E-state index is 12.0. The lowest BCUT2D eigenvalue weighted by atomic mass is 10.2. The van der Waals surface area contributed by atoms with Crippen molar-refractivity contribution < 1.29 is 13.9 Å². The third kappa shape index (κ3) is 2.92. The fourth-order valence-corrected chi connectivity index (χ4v) is 3.39. The van der Waals surface area contributed by atoms with Gasteiger partial charge < -0.3 is 9.15 Å². The summed E-state index contributed by atoms with van der Waals surface area (Å²) in [5.41, 5.74) is 1.50. The standard InChI is InChI=1S/C19H14N2O3S/c1-23-19(22)21-12-15(14-9-5-6-10-16(14)21)18-20-11-17(24-18)25-13-7-3-2-4-8-13/h2-12H,1H3. The van der Waals surface area contributed by atoms with Gasteiger partial charge in [-0.2, -0.15) is 0 Å². The molecule has 6 heteroatoms. The molecule has 5 nitrogen and oxygen atoms in total. The zero-order chi connectivity index (χ0) is 17.2. The second-order valence-electron chi connectivity index (χ2n) is 5.30. The number of benzene rings is 2. The number of aromatic nitrogens is 2. The Kier molecular flexibility index (Phi) is 4.03. The van der Waals surface area contributed by atoms with Gasteiger partial charge in [0.05, 0.1) is 24.4 Å². The summed E-state index contributed by atoms with van der Waals surface area (Å²) in [7, 11) is 1.36. The lowest BCUT2D eigenvalue weighted by Crippen LogP contribution is -2.09. The van der Waals surface area contributed by atoms with E-state index >= 15 is 0 Å². The largest absolute Gasteiger partial charge is 0.452 e. The molecule has 25 heavy (non-hydrogen) atoms. The van der Waals surface area contributed by atoms with E-state index in [0.29, 0.717) is 11.0 Å². The lowest BCUT2D eigenvalue weighted by Gasteiger charge is -2.00. The smallest absolute Gasteiger partial charge is 0.418 e. The molecule has 0 saturated carbocycles. The third-order valence-corrected chi connectivity index (χ3v) is 4.66. The monoisotopic (exact) mass is 350 g/mol. The van der Waals surface area contributed by atoms with E-state index in [1.54, 1.807) is 12.4 Å². The Morgan fingerprint density at radius 3 is 2.68 bits per heavy atom. The van der Waals surface area contributed by atoms with Crippen LogP contribution in [0.25, 0.3) is 22.4 Å². The van der Waals surface area contributed by atoms with Crippen molar-refractivity contribution in [3.63, 3.8) is 0 Å². The number of rotatable bonds is 3. The molecule has 124 valence electrons. The Hall–Kier alpha value is -2.99. The lowest BCUT2D eigenvalue weighted by molar-refractivity contribution is 0.174. The Labute approximate surface area is 148 Å². The number of methoxy groups -OCH3 is 1. The summed E-state index contributed by atoms with van der Waals surface area (Å²) in [4.78, 5) is 17.5. The van der Waals surface area contributed by atoms with Crippen LogP contribution in [-0.4, -0.2) is 22.8 Å². The van der Waals surface area contributed by atoms with Gasteiger partial charge in [-0.15, -0.1) is 0 Å². The van der Waals surface area contributed by atoms with Crippen LogP contribution in [0.3, 0.4) is 0 Å². The highest BCUT2D eigenvalue weighted by Crippen LogP contribution is 2.34. The molecule has 0 saturated heterocycles. The number of carbonyl (C=O) groups excluding carboxylic acids is 1. The average Bonchev–Trinajstić information content (AvgIpc) is 3.26. The Morgan fingerprint density at radius 1 is 1.12 bits per heavy atom. The van der Waals surface area contributed by atoms with Gasteiger partial charge in [-0.1, -0.05) is 48.2 Å². The van der Waals surface area contributed by atoms with E-state index in [0.717, 1.165) is 21.4 Å². The molecule has 0 fully saturated rings. The Morgan fingerprint density at radius 2 is 1.88 bits per heavy atom. The van der Waals surface area contributed by atoms with Gasteiger partial charge in [0.15, 0.2) is 5.09 Å². The number of ether oxygens (including phenoxy) is 1. The molecule has 4 rings (SSSR count). The van der Waals surface area contributed by atoms with Gasteiger partial charge in [0.2, 0.25) is 5.89 Å². The van der Waals surface area contributed by atoms with Gasteiger partial charge in [-0.3, -0.25) is 4.57 Å². The molecule has 0 radical (unpaired) electrons. The van der Waals surface area contributed by atoms with Gasteiger partial charge in [-0.25, -0.2) is 9.78 Å². The van der Waals surface area contributed by atoms with Crippen LogP contribution in [0.2, 0.25) is 0 Å². The van der Waals surface area contributed by atoms with E-state index in [9.17, 15) is 4.79 Å². The van der Waals surface area contributed by atoms with Crippen LogP contribution >= 0.6 is 11.8 Å². The number of hydrogen-bond donors (Lipinski definition) is 0. The van der Waals surface area contributed by atoms with E-state index in [1.165, 1.54) is 23.4 Å². The summed E-state index contributed by atoms with van der Waals surface area (Å²) in [5.74, 6) is 0.470. The van der Waals surface area contributed by atoms with E-state index < -0.39 is 6.09 Å². The highest BCUT2D eigenvalue weighted by atomic mass is 32.2. The van der Waals surface area contributed by atoms with Gasteiger partial charge >= 0.3 is 6.09 Å². The summed E-state index contributed by atoms with van der Waals surface area (Å²) in [6.45, 7) is 0. The molecule has 0 atom stereocenters. The molecule has 2 heterocycles. The highest BCUT2D eigenvalue weighted by Gasteiger charge is 2.18. The molecule has 0 aliphatic heterocycles. The molecular formula is C19H14N2O3S. The quantitative estimate of drug-likeness (QED) is 0.517. The molecule has 0 spiro atoms. The molecule has 0 unspecified atom stereocenters. The van der Waals surface area contributed by atoms with Crippen molar-refractivity contribution in [3.05, 3.63) is 67.0 Å². The predicted molar refractivity (Wildman–Crippen MR) is 95.8 cm³/mol. The Bertz CT molecular complexity index is 1040. The minimum absolute atomic E-state index is 0.451. The second-order valence-corrected chi connectivity index (χ2v) is 6.38. The first-order valence-electron chi connectivity index (χ1n) is 7.64. The number of hydrogen-bond acceptors (Lipinski definition) is 5. The molecule has 0 amide bonds. The van der Waals surface area contributed by atoms with Crippen molar-refractivity contribution in [3.8, 4) is 11.5 Å². The maximum Gasteiger partial charge on any atom is 0.418 e. The normalized spacial score (nSPS) is 10.9. The summed E-state index contributed by atoms with van der Waals surface area (Å²) in [5, 5.41) is 1.57. The van der Waals surface area contributed by atoms with E-state index in [2.05, 4.69) is 4.98 Å². The minimum atomic E-state index is -0.451. The number of para-hydroxylation sites is 1. The van der Waals surface area contributed by atoms with E-state index in [1.807, 2.05) is 54.6 Å². The number of fused-ring (bicyclic) bond motifs is 1. The van der Waals surface area contributed by atoms with Crippen molar-refractivity contribution in [2.24, 2.45) is 0 Å². The molecule has 0 aliphatic rings. The molecular weight excluding hydrogens is 336 g/mol. The van der Waals surface area contributed by atoms with Crippen LogP contribution in [0, 0.1) is 0 Å². The van der Waals surface area contributed by atoms with Crippen LogP contribution in [0.5, 0.6) is 0 Å². The first-order valence-corrected chi connectivity index (χ1v) is 8.45. The van der Waals surface area contributed by atoms with Gasteiger partial charge in [0, 0.05) is 16.5 Å². The van der Waals surface area contributed by atoms with Gasteiger partial charge in [0.25, 0.3) is 0 Å². The zero-order valence-corrected chi connectivity index (χ0v) is 14.2. The summed E-state index contributed by atoms with van der Waals surface area (Å²) >= 11 is 1.50. The molecule has 0 aliphatic carbocycles. The Balaban J connectivity index is 1.74. The highest BCUT2D eigenvalue weighted by molar-refractivity contribution is 7.99. The van der Waals surface area contributed by atoms with Crippen LogP contribution in [0.4, 0.5) is 4.79 Å². The minimum Gasteiger partial charge on any atom is -0.452 e. The van der Waals surface area contributed by atoms with Crippen molar-refractivity contribution in [2.75, 3.05) is 7.11 Å². The fraction of sp³-hybridized carbons (Fsp3) is 0.0526. The summed E-state index contributed by atoms with van der Waals surface area (Å²) in [6.07, 6.45) is 2.93. The van der Waals surface area contributed by atoms with Crippen LogP contribution in [0.15, 0.2) is 81.4 Å². The molecule has 2 aromatic heterocycles. The van der Waals surface area contributed by atoms with Crippen LogP contribution in [0.1, 0.15) is 0 Å². The second kappa shape index (κ2) is 6.49. The third-order valence-electron chi connectivity index (χ3n) is 3.76. The SMILES string of the molecule is COC(=O)n1cc(-c2ncc(Sc3ccccc3)o2)c2ccccc21. The number of oxazole rings is 1. The van der Waals surface area contributed by atoms with Gasteiger partial charge in [-0.05, 0) is 18.2 Å². The first kappa shape index (κ1) is 15.5. The molecule has 0 N–H and O–H groups in total. The fourth-order valence-electron chi connectivity index (χ4n) is 2.64. The summed E-state index contributed by atoms with van der Waals surface area (Å²) < 4.78 is 12.2. The maximum atomic E-state index is 12.0. The predicted octanol–water partition coefficient (Wildman–Crippen LogP) is 5.06. The molecule has 2 aromatic carbocycles. The number of nitrogens with zero attached hydrogens (tertiary/aromatic N) is 2. The summed E-state index contributed by atoms with van der Waals surface area (Å²) in [6, 6.07) is 17.5. The van der Waals surface area contributed by atoms with E-state index in [-0.39, 0.29) is 0 Å². The average molecular weight is 350 g/mol. The zero-order valence-electron chi connectivity index (χ0n) is 13.4. The topological polar surface area (TPSA) is 57.3 Å². The van der Waals surface area contributed by atoms with Crippen LogP contribution in [-0.2, 0) is 4.74 Å².